The average Bonchev–Trinajstić information content (AvgIpc) is 2.58. The first-order valence-electron chi connectivity index (χ1n) is 7.41. The predicted octanol–water partition coefficient (Wildman–Crippen LogP) is 2.95. The Hall–Kier alpha value is -2.29. The number of hydrogen-bond donors (Lipinski definition) is 2. The minimum Gasteiger partial charge on any atom is -0.326 e. The van der Waals surface area contributed by atoms with Crippen molar-refractivity contribution in [3.8, 4) is 0 Å². The van der Waals surface area contributed by atoms with Gasteiger partial charge in [0.15, 0.2) is 0 Å². The van der Waals surface area contributed by atoms with E-state index in [0.717, 1.165) is 14.8 Å². The van der Waals surface area contributed by atoms with Crippen molar-refractivity contribution in [1.82, 2.24) is 10.4 Å². The molecule has 0 atom stereocenters. The molecular formula is C17H17IN4O2. The van der Waals surface area contributed by atoms with Gasteiger partial charge in [-0.2, -0.15) is 5.10 Å². The summed E-state index contributed by atoms with van der Waals surface area (Å²) in [6, 6.07) is 11.2. The molecule has 24 heavy (non-hydrogen) atoms. The molecule has 0 radical (unpaired) electrons. The fourth-order valence-electron chi connectivity index (χ4n) is 1.85. The Morgan fingerprint density at radius 3 is 2.58 bits per heavy atom. The minimum absolute atomic E-state index is 0.108. The molecule has 0 spiro atoms. The smallest absolute Gasteiger partial charge is 0.240 e. The molecule has 0 aliphatic carbocycles. The van der Waals surface area contributed by atoms with Crippen molar-refractivity contribution in [2.75, 3.05) is 5.32 Å². The monoisotopic (exact) mass is 436 g/mol. The van der Waals surface area contributed by atoms with Gasteiger partial charge in [0.2, 0.25) is 11.8 Å². The molecule has 2 N–H and O–H groups in total. The van der Waals surface area contributed by atoms with E-state index in [0.29, 0.717) is 6.42 Å². The van der Waals surface area contributed by atoms with Crippen LogP contribution in [0.15, 0.2) is 53.9 Å². The summed E-state index contributed by atoms with van der Waals surface area (Å²) in [6.07, 6.45) is 5.82. The van der Waals surface area contributed by atoms with Crippen LogP contribution in [0.25, 0.3) is 0 Å². The molecule has 7 heteroatoms. The topological polar surface area (TPSA) is 83.5 Å². The molecule has 124 valence electrons. The highest BCUT2D eigenvalue weighted by Crippen LogP contribution is 2.11. The highest BCUT2D eigenvalue weighted by Gasteiger charge is 2.05. The van der Waals surface area contributed by atoms with Crippen molar-refractivity contribution < 1.29 is 9.59 Å². The number of nitrogens with zero attached hydrogens (tertiary/aromatic N) is 2. The normalized spacial score (nSPS) is 10.5. The van der Waals surface area contributed by atoms with Crippen molar-refractivity contribution in [1.29, 1.82) is 0 Å². The standard InChI is InChI=1S/C17H17IN4O2/c18-14-6-8-15(9-7-14)21-16(23)4-1-5-17(24)22-20-12-13-3-2-10-19-11-13/h2-3,6-12H,1,4-5H2,(H,21,23)(H,22,24)/b20-12-. The van der Waals surface area contributed by atoms with E-state index >= 15 is 0 Å². The van der Waals surface area contributed by atoms with Crippen LogP contribution >= 0.6 is 22.6 Å². The number of nitrogens with one attached hydrogen (secondary N) is 2. The van der Waals surface area contributed by atoms with Crippen molar-refractivity contribution in [3.05, 3.63) is 57.9 Å². The molecule has 0 aliphatic heterocycles. The van der Waals surface area contributed by atoms with Crippen LogP contribution in [0.5, 0.6) is 0 Å². The number of aromatic nitrogens is 1. The number of pyridine rings is 1. The molecule has 1 aromatic carbocycles. The number of benzene rings is 1. The lowest BCUT2D eigenvalue weighted by atomic mass is 10.2. The number of carbonyl (C=O) groups excluding carboxylic acids is 2. The molecule has 0 saturated carbocycles. The molecule has 6 nitrogen and oxygen atoms in total. The van der Waals surface area contributed by atoms with Gasteiger partial charge < -0.3 is 5.32 Å². The van der Waals surface area contributed by atoms with Gasteiger partial charge in [-0.3, -0.25) is 14.6 Å². The van der Waals surface area contributed by atoms with Gasteiger partial charge in [0.05, 0.1) is 6.21 Å². The third-order valence-corrected chi connectivity index (χ3v) is 3.74. The van der Waals surface area contributed by atoms with Crippen LogP contribution in [0, 0.1) is 3.57 Å². The molecule has 0 unspecified atom stereocenters. The first-order valence-corrected chi connectivity index (χ1v) is 8.49. The van der Waals surface area contributed by atoms with Crippen LogP contribution in [0.2, 0.25) is 0 Å². The van der Waals surface area contributed by atoms with Gasteiger partial charge in [-0.1, -0.05) is 6.07 Å². The summed E-state index contributed by atoms with van der Waals surface area (Å²) in [5.41, 5.74) is 3.99. The predicted molar refractivity (Wildman–Crippen MR) is 102 cm³/mol. The molecule has 0 fully saturated rings. The largest absolute Gasteiger partial charge is 0.326 e. The number of rotatable bonds is 7. The van der Waals surface area contributed by atoms with Crippen LogP contribution in [-0.2, 0) is 9.59 Å². The number of carbonyl (C=O) groups is 2. The van der Waals surface area contributed by atoms with E-state index in [1.807, 2.05) is 30.3 Å². The maximum absolute atomic E-state index is 11.8. The highest BCUT2D eigenvalue weighted by molar-refractivity contribution is 14.1. The first kappa shape index (κ1) is 18.1. The van der Waals surface area contributed by atoms with E-state index in [2.05, 4.69) is 43.4 Å². The van der Waals surface area contributed by atoms with Crippen LogP contribution in [0.3, 0.4) is 0 Å². The molecule has 2 aromatic rings. The van der Waals surface area contributed by atoms with Crippen molar-refractivity contribution in [2.24, 2.45) is 5.10 Å². The third-order valence-electron chi connectivity index (χ3n) is 3.02. The van der Waals surface area contributed by atoms with Crippen molar-refractivity contribution in [3.63, 3.8) is 0 Å². The van der Waals surface area contributed by atoms with Crippen LogP contribution < -0.4 is 10.7 Å². The number of amides is 2. The van der Waals surface area contributed by atoms with E-state index in [9.17, 15) is 9.59 Å². The Morgan fingerprint density at radius 1 is 1.12 bits per heavy atom. The Bertz CT molecular complexity index is 702. The van der Waals surface area contributed by atoms with Gasteiger partial charge in [-0.25, -0.2) is 5.43 Å². The third kappa shape index (κ3) is 6.86. The molecular weight excluding hydrogens is 419 g/mol. The summed E-state index contributed by atoms with van der Waals surface area (Å²) in [5, 5.41) is 6.65. The zero-order valence-corrected chi connectivity index (χ0v) is 15.1. The Kier molecular flexibility index (Phi) is 7.34. The fourth-order valence-corrected chi connectivity index (χ4v) is 2.21. The average molecular weight is 436 g/mol. The molecule has 2 rings (SSSR count). The molecule has 2 amide bonds. The van der Waals surface area contributed by atoms with Crippen molar-refractivity contribution in [2.45, 2.75) is 19.3 Å². The highest BCUT2D eigenvalue weighted by atomic mass is 127. The first-order chi connectivity index (χ1) is 11.6. The number of halogens is 1. The SMILES string of the molecule is O=C(CCCC(=O)Nc1ccc(I)cc1)N/N=C\c1cccnc1. The number of hydrazone groups is 1. The quantitative estimate of drug-likeness (QED) is 0.398. The molecule has 1 heterocycles. The number of anilines is 1. The van der Waals surface area contributed by atoms with Gasteiger partial charge in [-0.15, -0.1) is 0 Å². The van der Waals surface area contributed by atoms with Gasteiger partial charge >= 0.3 is 0 Å². The molecule has 1 aromatic heterocycles. The summed E-state index contributed by atoms with van der Waals surface area (Å²) in [5.74, 6) is -0.333. The maximum atomic E-state index is 11.8. The summed E-state index contributed by atoms with van der Waals surface area (Å²) in [4.78, 5) is 27.4. The van der Waals surface area contributed by atoms with E-state index in [4.69, 9.17) is 0 Å². The lowest BCUT2D eigenvalue weighted by molar-refractivity contribution is -0.121. The molecule has 0 aliphatic rings. The molecule has 0 bridgehead atoms. The van der Waals surface area contributed by atoms with Crippen molar-refractivity contribution >= 4 is 46.3 Å². The summed E-state index contributed by atoms with van der Waals surface area (Å²) < 4.78 is 1.11. The lowest BCUT2D eigenvalue weighted by Crippen LogP contribution is -2.18. The van der Waals surface area contributed by atoms with E-state index in [-0.39, 0.29) is 24.7 Å². The van der Waals surface area contributed by atoms with Gasteiger partial charge in [-0.05, 0) is 59.3 Å². The Balaban J connectivity index is 1.64. The minimum atomic E-state index is -0.225. The van der Waals surface area contributed by atoms with Gasteiger partial charge in [0.1, 0.15) is 0 Å². The second-order valence-electron chi connectivity index (χ2n) is 4.99. The molecule has 0 saturated heterocycles. The van der Waals surface area contributed by atoms with E-state index < -0.39 is 0 Å². The van der Waals surface area contributed by atoms with E-state index in [1.165, 1.54) is 6.21 Å². The summed E-state index contributed by atoms with van der Waals surface area (Å²) in [6.45, 7) is 0. The Labute approximate surface area is 153 Å². The summed E-state index contributed by atoms with van der Waals surface area (Å²) in [7, 11) is 0. The van der Waals surface area contributed by atoms with Crippen LogP contribution in [0.1, 0.15) is 24.8 Å². The van der Waals surface area contributed by atoms with Crippen LogP contribution in [-0.4, -0.2) is 23.0 Å². The fraction of sp³-hybridized carbons (Fsp3) is 0.176. The zero-order chi connectivity index (χ0) is 17.2. The van der Waals surface area contributed by atoms with Gasteiger partial charge in [0, 0.05) is 40.1 Å². The second kappa shape index (κ2) is 9.76. The van der Waals surface area contributed by atoms with Gasteiger partial charge in [0.25, 0.3) is 0 Å². The number of hydrogen-bond acceptors (Lipinski definition) is 4. The Morgan fingerprint density at radius 2 is 1.88 bits per heavy atom. The maximum Gasteiger partial charge on any atom is 0.240 e. The van der Waals surface area contributed by atoms with E-state index in [1.54, 1.807) is 18.5 Å². The second-order valence-corrected chi connectivity index (χ2v) is 6.23. The summed E-state index contributed by atoms with van der Waals surface area (Å²) >= 11 is 2.20. The zero-order valence-electron chi connectivity index (χ0n) is 12.9. The van der Waals surface area contributed by atoms with Crippen LogP contribution in [0.4, 0.5) is 5.69 Å². The lowest BCUT2D eigenvalue weighted by Gasteiger charge is -2.05.